The van der Waals surface area contributed by atoms with Gasteiger partial charge in [-0.1, -0.05) is 31.2 Å². The smallest absolute Gasteiger partial charge is 0.326 e. The summed E-state index contributed by atoms with van der Waals surface area (Å²) in [7, 11) is 0. The molecule has 0 bridgehead atoms. The van der Waals surface area contributed by atoms with Gasteiger partial charge in [0.05, 0.1) is 0 Å². The fraction of sp³-hybridized carbons (Fsp3) is 0.467. The number of benzene rings is 1. The summed E-state index contributed by atoms with van der Waals surface area (Å²) in [4.78, 5) is 24.5. The van der Waals surface area contributed by atoms with Crippen LogP contribution in [0.1, 0.15) is 30.9 Å². The third-order valence-corrected chi connectivity index (χ3v) is 3.67. The zero-order valence-electron chi connectivity index (χ0n) is 11.6. The molecule has 1 atom stereocenters. The summed E-state index contributed by atoms with van der Waals surface area (Å²) in [6, 6.07) is 7.07. The number of carboxylic acids is 1. The number of carbonyl (C=O) groups excluding carboxylic acids is 1. The van der Waals surface area contributed by atoms with Gasteiger partial charge in [0.2, 0.25) is 0 Å². The van der Waals surface area contributed by atoms with Gasteiger partial charge >= 0.3 is 12.0 Å². The highest BCUT2D eigenvalue weighted by Crippen LogP contribution is 2.17. The largest absolute Gasteiger partial charge is 0.480 e. The molecule has 1 aromatic carbocycles. The van der Waals surface area contributed by atoms with E-state index in [4.69, 9.17) is 5.11 Å². The van der Waals surface area contributed by atoms with Gasteiger partial charge in [-0.25, -0.2) is 9.59 Å². The number of nitrogens with zero attached hydrogens (tertiary/aromatic N) is 1. The molecule has 0 aromatic heterocycles. The van der Waals surface area contributed by atoms with Crippen LogP contribution in [0.15, 0.2) is 24.3 Å². The molecule has 5 heteroatoms. The summed E-state index contributed by atoms with van der Waals surface area (Å²) in [5.74, 6) is -0.926. The molecule has 2 N–H and O–H groups in total. The first kappa shape index (κ1) is 14.4. The number of hydrogen-bond acceptors (Lipinski definition) is 2. The fourth-order valence-corrected chi connectivity index (χ4v) is 2.44. The minimum atomic E-state index is -0.926. The molecule has 108 valence electrons. The van der Waals surface area contributed by atoms with Crippen molar-refractivity contribution < 1.29 is 14.7 Å². The maximum Gasteiger partial charge on any atom is 0.326 e. The van der Waals surface area contributed by atoms with Gasteiger partial charge in [0.1, 0.15) is 6.04 Å². The van der Waals surface area contributed by atoms with Crippen LogP contribution in [-0.4, -0.2) is 34.6 Å². The van der Waals surface area contributed by atoms with Crippen molar-refractivity contribution in [1.82, 2.24) is 10.2 Å². The van der Waals surface area contributed by atoms with E-state index in [-0.39, 0.29) is 6.03 Å². The molecule has 2 rings (SSSR count). The second kappa shape index (κ2) is 6.41. The Hall–Kier alpha value is -2.04. The topological polar surface area (TPSA) is 69.6 Å². The van der Waals surface area contributed by atoms with Gasteiger partial charge in [0, 0.05) is 13.1 Å². The summed E-state index contributed by atoms with van der Waals surface area (Å²) in [6.07, 6.45) is 2.27. The minimum Gasteiger partial charge on any atom is -0.480 e. The number of carbonyl (C=O) groups is 2. The Balaban J connectivity index is 1.89. The highest BCUT2D eigenvalue weighted by Gasteiger charge is 2.33. The SMILES string of the molecule is CCc1ccc(CNC(=O)N2CCC[C@H]2C(=O)O)cc1. The van der Waals surface area contributed by atoms with Crippen LogP contribution >= 0.6 is 0 Å². The first-order valence-electron chi connectivity index (χ1n) is 6.97. The molecule has 1 fully saturated rings. The van der Waals surface area contributed by atoms with Crippen LogP contribution in [0.25, 0.3) is 0 Å². The first-order valence-corrected chi connectivity index (χ1v) is 6.97. The van der Waals surface area contributed by atoms with Gasteiger partial charge in [0.15, 0.2) is 0 Å². The Morgan fingerprint density at radius 3 is 2.55 bits per heavy atom. The molecule has 2 amide bonds. The monoisotopic (exact) mass is 276 g/mol. The van der Waals surface area contributed by atoms with Crippen LogP contribution in [0.5, 0.6) is 0 Å². The van der Waals surface area contributed by atoms with E-state index < -0.39 is 12.0 Å². The molecule has 0 radical (unpaired) electrons. The average molecular weight is 276 g/mol. The quantitative estimate of drug-likeness (QED) is 0.883. The molecule has 0 saturated carbocycles. The zero-order valence-corrected chi connectivity index (χ0v) is 11.6. The van der Waals surface area contributed by atoms with Crippen molar-refractivity contribution in [3.63, 3.8) is 0 Å². The molecule has 1 aromatic rings. The van der Waals surface area contributed by atoms with Crippen molar-refractivity contribution >= 4 is 12.0 Å². The van der Waals surface area contributed by atoms with Crippen molar-refractivity contribution in [2.24, 2.45) is 0 Å². The number of carboxylic acid groups (broad SMARTS) is 1. The lowest BCUT2D eigenvalue weighted by molar-refractivity contribution is -0.141. The van der Waals surface area contributed by atoms with Crippen molar-refractivity contribution in [3.8, 4) is 0 Å². The predicted octanol–water partition coefficient (Wildman–Crippen LogP) is 2.01. The van der Waals surface area contributed by atoms with Crippen LogP contribution in [-0.2, 0) is 17.8 Å². The normalized spacial score (nSPS) is 18.1. The van der Waals surface area contributed by atoms with Gasteiger partial charge in [0.25, 0.3) is 0 Å². The number of aliphatic carboxylic acids is 1. The van der Waals surface area contributed by atoms with Crippen LogP contribution < -0.4 is 5.32 Å². The van der Waals surface area contributed by atoms with E-state index in [2.05, 4.69) is 12.2 Å². The number of hydrogen-bond donors (Lipinski definition) is 2. The van der Waals surface area contributed by atoms with Crippen LogP contribution in [0, 0.1) is 0 Å². The predicted molar refractivity (Wildman–Crippen MR) is 75.4 cm³/mol. The van der Waals surface area contributed by atoms with E-state index >= 15 is 0 Å². The summed E-state index contributed by atoms with van der Waals surface area (Å²) in [6.45, 7) is 3.03. The molecule has 0 unspecified atom stereocenters. The van der Waals surface area contributed by atoms with Crippen LogP contribution in [0.2, 0.25) is 0 Å². The van der Waals surface area contributed by atoms with Gasteiger partial charge in [-0.2, -0.15) is 0 Å². The molecule has 5 nitrogen and oxygen atoms in total. The van der Waals surface area contributed by atoms with Gasteiger partial charge in [-0.05, 0) is 30.4 Å². The lowest BCUT2D eigenvalue weighted by atomic mass is 10.1. The second-order valence-electron chi connectivity index (χ2n) is 5.02. The summed E-state index contributed by atoms with van der Waals surface area (Å²) in [5, 5.41) is 11.8. The number of nitrogens with one attached hydrogen (secondary N) is 1. The van der Waals surface area contributed by atoms with E-state index in [0.29, 0.717) is 19.5 Å². The lowest BCUT2D eigenvalue weighted by Crippen LogP contribution is -2.45. The van der Waals surface area contributed by atoms with Crippen molar-refractivity contribution in [1.29, 1.82) is 0 Å². The highest BCUT2D eigenvalue weighted by molar-refractivity contribution is 5.83. The second-order valence-corrected chi connectivity index (χ2v) is 5.02. The number of amides is 2. The number of likely N-dealkylation sites (tertiary alicyclic amines) is 1. The van der Waals surface area contributed by atoms with E-state index in [1.165, 1.54) is 10.5 Å². The Morgan fingerprint density at radius 1 is 1.30 bits per heavy atom. The molecular weight excluding hydrogens is 256 g/mol. The first-order chi connectivity index (χ1) is 9.61. The van der Waals surface area contributed by atoms with Gasteiger partial charge in [-0.3, -0.25) is 0 Å². The maximum atomic E-state index is 12.0. The Bertz CT molecular complexity index is 484. The molecule has 1 aliphatic heterocycles. The molecular formula is C15H20N2O3. The van der Waals surface area contributed by atoms with Crippen molar-refractivity contribution in [2.45, 2.75) is 38.8 Å². The number of aryl methyl sites for hydroxylation is 1. The van der Waals surface area contributed by atoms with Crippen molar-refractivity contribution in [2.75, 3.05) is 6.54 Å². The molecule has 1 saturated heterocycles. The maximum absolute atomic E-state index is 12.0. The van der Waals surface area contributed by atoms with Crippen LogP contribution in [0.3, 0.4) is 0 Å². The summed E-state index contributed by atoms with van der Waals surface area (Å²) in [5.41, 5.74) is 2.27. The van der Waals surface area contributed by atoms with Crippen molar-refractivity contribution in [3.05, 3.63) is 35.4 Å². The molecule has 20 heavy (non-hydrogen) atoms. The highest BCUT2D eigenvalue weighted by atomic mass is 16.4. The van der Waals surface area contributed by atoms with Gasteiger partial charge in [-0.15, -0.1) is 0 Å². The molecule has 1 aliphatic rings. The van der Waals surface area contributed by atoms with E-state index in [9.17, 15) is 9.59 Å². The Labute approximate surface area is 118 Å². The third kappa shape index (κ3) is 3.29. The Morgan fingerprint density at radius 2 is 1.95 bits per heavy atom. The molecule has 0 aliphatic carbocycles. The summed E-state index contributed by atoms with van der Waals surface area (Å²) >= 11 is 0. The van der Waals surface area contributed by atoms with E-state index in [1.54, 1.807) is 0 Å². The molecule has 1 heterocycles. The van der Waals surface area contributed by atoms with E-state index in [0.717, 1.165) is 18.4 Å². The van der Waals surface area contributed by atoms with Gasteiger partial charge < -0.3 is 15.3 Å². The number of urea groups is 1. The summed E-state index contributed by atoms with van der Waals surface area (Å²) < 4.78 is 0. The fourth-order valence-electron chi connectivity index (χ4n) is 2.44. The zero-order chi connectivity index (χ0) is 14.5. The van der Waals surface area contributed by atoms with E-state index in [1.807, 2.05) is 24.3 Å². The lowest BCUT2D eigenvalue weighted by Gasteiger charge is -2.21. The standard InChI is InChI=1S/C15H20N2O3/c1-2-11-5-7-12(8-6-11)10-16-15(20)17-9-3-4-13(17)14(18)19/h5-8,13H,2-4,9-10H2,1H3,(H,16,20)(H,18,19)/t13-/m0/s1. The molecule has 0 spiro atoms. The average Bonchev–Trinajstić information content (AvgIpc) is 2.95. The minimum absolute atomic E-state index is 0.297. The number of rotatable bonds is 4. The Kier molecular flexibility index (Phi) is 4.61. The third-order valence-electron chi connectivity index (χ3n) is 3.67. The van der Waals surface area contributed by atoms with Crippen LogP contribution in [0.4, 0.5) is 4.79 Å².